The Labute approximate surface area is 160 Å². The van der Waals surface area contributed by atoms with E-state index in [1.807, 2.05) is 19.1 Å². The average Bonchev–Trinajstić information content (AvgIpc) is 2.60. The van der Waals surface area contributed by atoms with E-state index in [1.165, 1.54) is 0 Å². The quantitative estimate of drug-likeness (QED) is 0.725. The minimum atomic E-state index is -3.14. The van der Waals surface area contributed by atoms with Crippen molar-refractivity contribution in [1.82, 2.24) is 9.62 Å². The Hall–Kier alpha value is -1.31. The predicted octanol–water partition coefficient (Wildman–Crippen LogP) is 2.60. The molecular formula is C18H27ClN2O4S. The van der Waals surface area contributed by atoms with Gasteiger partial charge in [0.05, 0.1) is 17.9 Å². The number of hydrogen-bond acceptors (Lipinski definition) is 4. The van der Waals surface area contributed by atoms with Crippen molar-refractivity contribution in [2.24, 2.45) is 0 Å². The first-order chi connectivity index (χ1) is 12.4. The van der Waals surface area contributed by atoms with Crippen molar-refractivity contribution < 1.29 is 17.9 Å². The number of amides is 1. The van der Waals surface area contributed by atoms with Gasteiger partial charge in [-0.25, -0.2) is 12.7 Å². The number of piperidine rings is 1. The molecule has 6 nitrogen and oxygen atoms in total. The monoisotopic (exact) mass is 402 g/mol. The van der Waals surface area contributed by atoms with Gasteiger partial charge in [0, 0.05) is 25.6 Å². The summed E-state index contributed by atoms with van der Waals surface area (Å²) in [5, 5.41) is 3.55. The highest BCUT2D eigenvalue weighted by Gasteiger charge is 2.27. The molecule has 0 unspecified atom stereocenters. The third-order valence-electron chi connectivity index (χ3n) is 4.53. The first-order valence-corrected chi connectivity index (χ1v) is 10.9. The highest BCUT2D eigenvalue weighted by Crippen LogP contribution is 2.25. The number of ether oxygens (including phenoxy) is 1. The molecule has 0 aliphatic carbocycles. The summed E-state index contributed by atoms with van der Waals surface area (Å²) in [7, 11) is -1.58. The van der Waals surface area contributed by atoms with Gasteiger partial charge in [0.15, 0.2) is 0 Å². The Kier molecular flexibility index (Phi) is 7.73. The topological polar surface area (TPSA) is 75.7 Å². The molecular weight excluding hydrogens is 376 g/mol. The summed E-state index contributed by atoms with van der Waals surface area (Å²) in [6.07, 6.45) is 2.90. The maximum Gasteiger partial charge on any atom is 0.220 e. The second kappa shape index (κ2) is 9.58. The van der Waals surface area contributed by atoms with Gasteiger partial charge in [-0.15, -0.1) is 0 Å². The number of benzene rings is 1. The van der Waals surface area contributed by atoms with Crippen LogP contribution in [0, 0.1) is 0 Å². The molecule has 1 N–H and O–H groups in total. The lowest BCUT2D eigenvalue weighted by atomic mass is 10.1. The first kappa shape index (κ1) is 21.0. The molecule has 1 aliphatic rings. The second-order valence-electron chi connectivity index (χ2n) is 6.53. The van der Waals surface area contributed by atoms with Crippen LogP contribution in [0.3, 0.4) is 0 Å². The minimum Gasteiger partial charge on any atom is -0.495 e. The van der Waals surface area contributed by atoms with E-state index in [0.29, 0.717) is 56.0 Å². The summed E-state index contributed by atoms with van der Waals surface area (Å²) in [4.78, 5) is 12.2. The van der Waals surface area contributed by atoms with Crippen LogP contribution in [-0.4, -0.2) is 50.6 Å². The van der Waals surface area contributed by atoms with E-state index in [4.69, 9.17) is 16.3 Å². The summed E-state index contributed by atoms with van der Waals surface area (Å²) in [6, 6.07) is 5.54. The number of rotatable bonds is 8. The lowest BCUT2D eigenvalue weighted by molar-refractivity contribution is -0.122. The van der Waals surface area contributed by atoms with E-state index in [9.17, 15) is 13.2 Å². The van der Waals surface area contributed by atoms with Crippen LogP contribution in [-0.2, 0) is 21.2 Å². The zero-order valence-electron chi connectivity index (χ0n) is 15.3. The fourth-order valence-corrected chi connectivity index (χ4v) is 4.91. The molecule has 1 aliphatic heterocycles. The minimum absolute atomic E-state index is 0.0215. The van der Waals surface area contributed by atoms with E-state index < -0.39 is 10.0 Å². The van der Waals surface area contributed by atoms with Crippen LogP contribution in [0.1, 0.15) is 38.2 Å². The van der Waals surface area contributed by atoms with Crippen molar-refractivity contribution in [3.05, 3.63) is 28.8 Å². The van der Waals surface area contributed by atoms with Gasteiger partial charge >= 0.3 is 0 Å². The third-order valence-corrected chi connectivity index (χ3v) is 6.90. The number of carbonyl (C=O) groups excluding carboxylic acids is 1. The molecule has 1 aromatic rings. The standard InChI is InChI=1S/C18H27ClN2O4S/c1-3-12-26(23,24)21-10-8-15(9-11-21)20-18(22)7-5-14-4-6-17(25-2)16(19)13-14/h4,6,13,15H,3,5,7-12H2,1-2H3,(H,20,22). The number of carbonyl (C=O) groups is 1. The number of nitrogens with zero attached hydrogens (tertiary/aromatic N) is 1. The molecule has 1 saturated heterocycles. The van der Waals surface area contributed by atoms with Crippen LogP contribution in [0.15, 0.2) is 18.2 Å². The number of halogens is 1. The van der Waals surface area contributed by atoms with Gasteiger partial charge in [0.25, 0.3) is 0 Å². The van der Waals surface area contributed by atoms with Gasteiger partial charge in [-0.2, -0.15) is 0 Å². The van der Waals surface area contributed by atoms with Crippen LogP contribution < -0.4 is 10.1 Å². The molecule has 1 heterocycles. The van der Waals surface area contributed by atoms with E-state index in [1.54, 1.807) is 17.5 Å². The van der Waals surface area contributed by atoms with Crippen LogP contribution in [0.5, 0.6) is 5.75 Å². The Morgan fingerprint density at radius 1 is 1.35 bits per heavy atom. The van der Waals surface area contributed by atoms with Crippen molar-refractivity contribution in [2.75, 3.05) is 26.0 Å². The van der Waals surface area contributed by atoms with Gasteiger partial charge in [-0.05, 0) is 43.4 Å². The van der Waals surface area contributed by atoms with E-state index in [0.717, 1.165) is 5.56 Å². The van der Waals surface area contributed by atoms with E-state index in [2.05, 4.69) is 5.32 Å². The average molecular weight is 403 g/mol. The van der Waals surface area contributed by atoms with Gasteiger partial charge in [-0.1, -0.05) is 24.6 Å². The highest BCUT2D eigenvalue weighted by atomic mass is 35.5. The maximum atomic E-state index is 12.2. The Morgan fingerprint density at radius 3 is 2.62 bits per heavy atom. The van der Waals surface area contributed by atoms with E-state index in [-0.39, 0.29) is 17.7 Å². The molecule has 1 fully saturated rings. The van der Waals surface area contributed by atoms with Gasteiger partial charge < -0.3 is 10.1 Å². The Bertz CT molecular complexity index is 716. The second-order valence-corrected chi connectivity index (χ2v) is 9.02. The summed E-state index contributed by atoms with van der Waals surface area (Å²) >= 11 is 6.09. The first-order valence-electron chi connectivity index (χ1n) is 8.95. The molecule has 1 aromatic carbocycles. The molecule has 0 aromatic heterocycles. The lowest BCUT2D eigenvalue weighted by Gasteiger charge is -2.31. The molecule has 0 saturated carbocycles. The molecule has 1 amide bonds. The fourth-order valence-electron chi connectivity index (χ4n) is 3.09. The number of nitrogens with one attached hydrogen (secondary N) is 1. The summed E-state index contributed by atoms with van der Waals surface area (Å²) in [5.74, 6) is 0.783. The van der Waals surface area contributed by atoms with Crippen molar-refractivity contribution >= 4 is 27.5 Å². The molecule has 0 bridgehead atoms. The molecule has 0 radical (unpaired) electrons. The highest BCUT2D eigenvalue weighted by molar-refractivity contribution is 7.89. The SMILES string of the molecule is CCCS(=O)(=O)N1CCC(NC(=O)CCc2ccc(OC)c(Cl)c2)CC1. The summed E-state index contributed by atoms with van der Waals surface area (Å²) in [5.41, 5.74) is 0.978. The largest absolute Gasteiger partial charge is 0.495 e. The zero-order valence-corrected chi connectivity index (χ0v) is 16.9. The van der Waals surface area contributed by atoms with Gasteiger partial charge in [-0.3, -0.25) is 4.79 Å². The van der Waals surface area contributed by atoms with Crippen LogP contribution in [0.4, 0.5) is 0 Å². The van der Waals surface area contributed by atoms with Crippen LogP contribution in [0.25, 0.3) is 0 Å². The maximum absolute atomic E-state index is 12.2. The van der Waals surface area contributed by atoms with Crippen molar-refractivity contribution in [1.29, 1.82) is 0 Å². The lowest BCUT2D eigenvalue weighted by Crippen LogP contribution is -2.47. The van der Waals surface area contributed by atoms with Crippen LogP contribution >= 0.6 is 11.6 Å². The van der Waals surface area contributed by atoms with E-state index >= 15 is 0 Å². The number of methoxy groups -OCH3 is 1. The van der Waals surface area contributed by atoms with Crippen molar-refractivity contribution in [3.8, 4) is 5.75 Å². The van der Waals surface area contributed by atoms with Gasteiger partial charge in [0.2, 0.25) is 15.9 Å². The Morgan fingerprint density at radius 2 is 2.04 bits per heavy atom. The Balaban J connectivity index is 1.76. The van der Waals surface area contributed by atoms with Gasteiger partial charge in [0.1, 0.15) is 5.75 Å². The molecule has 146 valence electrons. The van der Waals surface area contributed by atoms with Crippen molar-refractivity contribution in [3.63, 3.8) is 0 Å². The zero-order chi connectivity index (χ0) is 19.2. The number of sulfonamides is 1. The van der Waals surface area contributed by atoms with Crippen molar-refractivity contribution in [2.45, 2.75) is 45.1 Å². The molecule has 8 heteroatoms. The normalized spacial score (nSPS) is 16.4. The molecule has 0 atom stereocenters. The smallest absolute Gasteiger partial charge is 0.220 e. The number of aryl methyl sites for hydroxylation is 1. The third kappa shape index (κ3) is 5.86. The summed E-state index contributed by atoms with van der Waals surface area (Å²) < 4.78 is 30.8. The van der Waals surface area contributed by atoms with Crippen LogP contribution in [0.2, 0.25) is 5.02 Å². The molecule has 0 spiro atoms. The molecule has 26 heavy (non-hydrogen) atoms. The predicted molar refractivity (Wildman–Crippen MR) is 103 cm³/mol. The summed E-state index contributed by atoms with van der Waals surface area (Å²) in [6.45, 7) is 2.81. The molecule has 2 rings (SSSR count). The number of hydrogen-bond donors (Lipinski definition) is 1. The fraction of sp³-hybridized carbons (Fsp3) is 0.611.